The molecule has 11 aromatic rings. The van der Waals surface area contributed by atoms with E-state index >= 15 is 0 Å². The Kier molecular flexibility index (Phi) is 14.2. The SMILES string of the molecule is COc1ccc(C(C)(C)c2ccc3c4ccc(-c5ccc(OCCCOc6ccc(C(C)(C)c7ccccc7)c(C)c6)cc5C)cc4n(-c4ccc(C(=O)c5ccc(N6c7ccccc7C(C)(C)c7ccccc76)cc5)cc4)c3c2)c(C)c1. The third-order valence-electron chi connectivity index (χ3n) is 17.7. The van der Waals surface area contributed by atoms with Crippen LogP contribution in [0.25, 0.3) is 38.6 Å². The van der Waals surface area contributed by atoms with Crippen molar-refractivity contribution in [3.63, 3.8) is 0 Å². The quantitative estimate of drug-likeness (QED) is 0.0713. The second kappa shape index (κ2) is 21.6. The highest BCUT2D eigenvalue weighted by molar-refractivity contribution is 6.11. The number of benzene rings is 10. The van der Waals surface area contributed by atoms with Crippen molar-refractivity contribution in [1.29, 1.82) is 0 Å². The predicted molar refractivity (Wildman–Crippen MR) is 343 cm³/mol. The number of hydrogen-bond acceptors (Lipinski definition) is 5. The van der Waals surface area contributed by atoms with Gasteiger partial charge in [0.25, 0.3) is 0 Å². The molecule has 414 valence electrons. The maximum atomic E-state index is 14.4. The van der Waals surface area contributed by atoms with Crippen LogP contribution in [-0.4, -0.2) is 30.7 Å². The second-order valence-corrected chi connectivity index (χ2v) is 24.0. The number of carbonyl (C=O) groups is 1. The maximum absolute atomic E-state index is 14.4. The lowest BCUT2D eigenvalue weighted by Gasteiger charge is -2.42. The van der Waals surface area contributed by atoms with Gasteiger partial charge in [-0.25, -0.2) is 0 Å². The minimum atomic E-state index is -0.319. The fraction of sp³-hybridized carbons (Fsp3) is 0.208. The molecule has 12 rings (SSSR count). The Morgan fingerprint density at radius 3 is 1.54 bits per heavy atom. The van der Waals surface area contributed by atoms with Crippen LogP contribution in [-0.2, 0) is 16.2 Å². The van der Waals surface area contributed by atoms with Gasteiger partial charge in [0.15, 0.2) is 5.78 Å². The largest absolute Gasteiger partial charge is 0.497 e. The molecule has 6 heteroatoms. The minimum absolute atomic E-state index is 0.0248. The zero-order valence-electron chi connectivity index (χ0n) is 49.4. The monoisotopic (exact) mass is 1090 g/mol. The summed E-state index contributed by atoms with van der Waals surface area (Å²) in [6.07, 6.45) is 0.752. The third-order valence-corrected chi connectivity index (χ3v) is 17.7. The Hall–Kier alpha value is -9.13. The van der Waals surface area contributed by atoms with Crippen LogP contribution in [0.15, 0.2) is 218 Å². The fourth-order valence-corrected chi connectivity index (χ4v) is 13.0. The number of aryl methyl sites for hydroxylation is 3. The number of nitrogens with zero attached hydrogens (tertiary/aromatic N) is 2. The number of methoxy groups -OCH3 is 1. The molecule has 1 aliphatic heterocycles. The average molecular weight is 1090 g/mol. The Morgan fingerprint density at radius 1 is 0.470 bits per heavy atom. The first-order valence-corrected chi connectivity index (χ1v) is 29.0. The van der Waals surface area contributed by atoms with Crippen LogP contribution in [0.1, 0.15) is 114 Å². The van der Waals surface area contributed by atoms with Crippen LogP contribution < -0.4 is 19.1 Å². The Labute approximate surface area is 489 Å². The summed E-state index contributed by atoms with van der Waals surface area (Å²) in [7, 11) is 1.71. The summed E-state index contributed by atoms with van der Waals surface area (Å²) in [5.41, 5.74) is 20.5. The molecule has 0 saturated heterocycles. The summed E-state index contributed by atoms with van der Waals surface area (Å²) in [6.45, 7) is 21.3. The maximum Gasteiger partial charge on any atom is 0.193 e. The third kappa shape index (κ3) is 9.94. The van der Waals surface area contributed by atoms with Gasteiger partial charge >= 0.3 is 0 Å². The molecule has 2 heterocycles. The van der Waals surface area contributed by atoms with Gasteiger partial charge in [0.1, 0.15) is 17.2 Å². The van der Waals surface area contributed by atoms with E-state index in [0.717, 1.165) is 84.9 Å². The molecule has 83 heavy (non-hydrogen) atoms. The van der Waals surface area contributed by atoms with Crippen LogP contribution >= 0.6 is 0 Å². The van der Waals surface area contributed by atoms with Crippen molar-refractivity contribution < 1.29 is 19.0 Å². The zero-order chi connectivity index (χ0) is 57.8. The molecule has 0 N–H and O–H groups in total. The Morgan fingerprint density at radius 2 is 0.964 bits per heavy atom. The van der Waals surface area contributed by atoms with E-state index in [-0.39, 0.29) is 22.0 Å². The highest BCUT2D eigenvalue weighted by atomic mass is 16.5. The van der Waals surface area contributed by atoms with E-state index in [4.69, 9.17) is 14.2 Å². The molecule has 0 unspecified atom stereocenters. The number of carbonyl (C=O) groups excluding carboxylic acids is 1. The van der Waals surface area contributed by atoms with E-state index in [9.17, 15) is 4.79 Å². The molecule has 0 aliphatic carbocycles. The number of para-hydroxylation sites is 2. The topological polar surface area (TPSA) is 52.9 Å². The number of aromatic nitrogens is 1. The first-order chi connectivity index (χ1) is 40.0. The molecular formula is C77H72N2O4. The Balaban J connectivity index is 0.816. The van der Waals surface area contributed by atoms with Crippen molar-refractivity contribution >= 4 is 44.7 Å². The van der Waals surface area contributed by atoms with Crippen molar-refractivity contribution in [3.05, 3.63) is 280 Å². The summed E-state index contributed by atoms with van der Waals surface area (Å²) >= 11 is 0. The van der Waals surface area contributed by atoms with Crippen molar-refractivity contribution in [2.75, 3.05) is 25.2 Å². The highest BCUT2D eigenvalue weighted by Gasteiger charge is 2.37. The van der Waals surface area contributed by atoms with Gasteiger partial charge in [0, 0.05) is 55.9 Å². The molecule has 0 fully saturated rings. The summed E-state index contributed by atoms with van der Waals surface area (Å²) in [5, 5.41) is 2.31. The smallest absolute Gasteiger partial charge is 0.193 e. The van der Waals surface area contributed by atoms with E-state index in [1.165, 1.54) is 44.5 Å². The van der Waals surface area contributed by atoms with E-state index < -0.39 is 0 Å². The molecule has 10 aromatic carbocycles. The lowest BCUT2D eigenvalue weighted by atomic mass is 9.73. The average Bonchev–Trinajstić information content (AvgIpc) is 2.19. The summed E-state index contributed by atoms with van der Waals surface area (Å²) in [6, 6.07) is 77.1. The van der Waals surface area contributed by atoms with Gasteiger partial charge in [-0.05, 0) is 191 Å². The van der Waals surface area contributed by atoms with Crippen LogP contribution in [0.3, 0.4) is 0 Å². The van der Waals surface area contributed by atoms with Gasteiger partial charge in [-0.2, -0.15) is 0 Å². The van der Waals surface area contributed by atoms with Crippen molar-refractivity contribution in [3.8, 4) is 34.1 Å². The first-order valence-electron chi connectivity index (χ1n) is 29.0. The zero-order valence-corrected chi connectivity index (χ0v) is 49.4. The molecule has 0 saturated carbocycles. The molecular weight excluding hydrogens is 1020 g/mol. The number of anilines is 3. The normalized spacial score (nSPS) is 13.0. The van der Waals surface area contributed by atoms with Crippen LogP contribution in [0.5, 0.6) is 17.2 Å². The van der Waals surface area contributed by atoms with Crippen LogP contribution in [0, 0.1) is 20.8 Å². The van der Waals surface area contributed by atoms with Crippen molar-refractivity contribution in [2.24, 2.45) is 0 Å². The lowest BCUT2D eigenvalue weighted by molar-refractivity contribution is 0.103. The summed E-state index contributed by atoms with van der Waals surface area (Å²) < 4.78 is 20.5. The van der Waals surface area contributed by atoms with E-state index in [1.54, 1.807) is 7.11 Å². The molecule has 0 spiro atoms. The summed E-state index contributed by atoms with van der Waals surface area (Å²) in [4.78, 5) is 16.8. The van der Waals surface area contributed by atoms with E-state index in [2.05, 4.69) is 266 Å². The Bertz CT molecular complexity index is 4190. The van der Waals surface area contributed by atoms with Gasteiger partial charge in [-0.1, -0.05) is 151 Å². The number of ketones is 1. The molecule has 0 amide bonds. The van der Waals surface area contributed by atoms with E-state index in [0.29, 0.717) is 24.3 Å². The number of ether oxygens (including phenoxy) is 3. The second-order valence-electron chi connectivity index (χ2n) is 24.0. The first kappa shape index (κ1) is 54.5. The number of fused-ring (bicyclic) bond motifs is 5. The lowest BCUT2D eigenvalue weighted by Crippen LogP contribution is -2.30. The molecule has 0 bridgehead atoms. The predicted octanol–water partition coefficient (Wildman–Crippen LogP) is 19.2. The molecule has 1 aromatic heterocycles. The van der Waals surface area contributed by atoms with Crippen molar-refractivity contribution in [1.82, 2.24) is 4.57 Å². The minimum Gasteiger partial charge on any atom is -0.497 e. The highest BCUT2D eigenvalue weighted by Crippen LogP contribution is 2.52. The van der Waals surface area contributed by atoms with Gasteiger partial charge in [0.05, 0.1) is 42.7 Å². The number of rotatable bonds is 16. The van der Waals surface area contributed by atoms with Gasteiger partial charge in [-0.3, -0.25) is 4.79 Å². The van der Waals surface area contributed by atoms with Gasteiger partial charge in [-0.15, -0.1) is 0 Å². The van der Waals surface area contributed by atoms with E-state index in [1.807, 2.05) is 24.3 Å². The van der Waals surface area contributed by atoms with Crippen LogP contribution in [0.2, 0.25) is 0 Å². The van der Waals surface area contributed by atoms with Gasteiger partial charge in [0.2, 0.25) is 0 Å². The van der Waals surface area contributed by atoms with Crippen molar-refractivity contribution in [2.45, 2.75) is 85.0 Å². The summed E-state index contributed by atoms with van der Waals surface area (Å²) in [5.74, 6) is 2.53. The van der Waals surface area contributed by atoms with Gasteiger partial charge < -0.3 is 23.7 Å². The molecule has 6 nitrogen and oxygen atoms in total. The number of hydrogen-bond donors (Lipinski definition) is 0. The standard InChI is InChI=1S/C77H72N2O4/c1-50-45-61(82-43-18-44-83-62-37-42-66(52(3)47-62)75(4,5)56-19-12-11-13-20-56)35-40-63(50)55-29-38-64-65-39-30-57(76(6,7)67-41-36-60(81-10)46-51(67)2)49-73(65)79(72(64)48-55)59-33-27-54(28-34-59)74(80)53-25-31-58(32-26-53)78-70-23-16-14-21-68(70)77(8,9)69-22-15-17-24-71(69)78/h11-17,19-42,45-49H,18,43-44H2,1-10H3. The molecule has 0 atom stereocenters. The van der Waals surface area contributed by atoms with Crippen LogP contribution in [0.4, 0.5) is 17.1 Å². The molecule has 1 aliphatic rings. The molecule has 0 radical (unpaired) electrons. The fourth-order valence-electron chi connectivity index (χ4n) is 13.0.